The molecule has 0 spiro atoms. The van der Waals surface area contributed by atoms with E-state index in [4.69, 9.17) is 178 Å². The van der Waals surface area contributed by atoms with Crippen molar-refractivity contribution in [1.82, 2.24) is 0 Å². The number of carbonyl (C=O) groups excluding carboxylic acids is 2. The van der Waals surface area contributed by atoms with Crippen LogP contribution in [0.15, 0.2) is 368 Å². The molecular formula is C114H140Cl8O20. The third kappa shape index (κ3) is 75.0. The fourth-order valence-electron chi connectivity index (χ4n) is 9.26. The molecule has 0 aliphatic carbocycles. The molecule has 28 heteroatoms. The molecule has 142 heavy (non-hydrogen) atoms. The van der Waals surface area contributed by atoms with Crippen molar-refractivity contribution < 1.29 is 94.9 Å². The van der Waals surface area contributed by atoms with Gasteiger partial charge in [0.05, 0.1) is 164 Å². The highest BCUT2D eigenvalue weighted by Gasteiger charge is 2.17. The van der Waals surface area contributed by atoms with E-state index in [1.54, 1.807) is 168 Å². The topological polar surface area (TPSA) is 200 Å². The van der Waals surface area contributed by atoms with Gasteiger partial charge in [0.25, 0.3) is 0 Å². The third-order valence-corrected chi connectivity index (χ3v) is 18.4. The molecule has 0 saturated carbocycles. The first-order valence-electron chi connectivity index (χ1n) is 45.6. The molecule has 8 aromatic carbocycles. The van der Waals surface area contributed by atoms with Crippen molar-refractivity contribution in [3.05, 3.63) is 419 Å². The van der Waals surface area contributed by atoms with E-state index >= 15 is 0 Å². The summed E-state index contributed by atoms with van der Waals surface area (Å²) in [7, 11) is 1.60. The molecule has 20 nitrogen and oxygen atoms in total. The van der Waals surface area contributed by atoms with Gasteiger partial charge in [0.15, 0.2) is 17.8 Å². The highest BCUT2D eigenvalue weighted by atomic mass is 35.5. The standard InChI is InChI=1S/C20H26O6.C14H15Cl3O2.C14H18O2.C13H13Cl3O2.2C13H16O2.C12H14O2.C10H12Cl2O2.C5H10/c1-5-24-19(21)16-12-17(20(22)25-6-2)14-18(13-16)26-10-7-9-23-11-8-15(3)4;1-10(2)4-7-18-5-3-6-19-14-12(16)8-11(15)9-13(14)17;1-13(2)9-12-15-10-6-11-16-14-7-4-3-5-8-14;1-2-3-5-17-6-4-7-18-13-11(15)8-10(14)9-12(13)16;1-12(2)8-9-14-10-11-15-13-6-4-3-5-7-13;1-2-3-10-14-11-7-12-15-13-8-5-4-6-9-13;1-2-3-9-13-10-11-14-12-7-5-4-6-8-12;1-3-10(13-2)14-7-4-5-8(11)9(12)6-7;1-4-5(2)3/h8,11-14H,3,5-7,9-10H2,1-2,4H3;4,7-9H,1,3,5-6H2,2H3;3-5,7-9,12H,1,6,10-11H2,2H3;2-3,5,8-9H,1,4,6-7H2;3-9H,1,10-11H2,2H3;2-6,8-10H,1,7,11-12H2;2-9H,1,10-11H2;4-6,10H,3H2,1-2H3;4-5H,1H2,2-3H3. The van der Waals surface area contributed by atoms with Crippen molar-refractivity contribution >= 4 is 105 Å². The van der Waals surface area contributed by atoms with Gasteiger partial charge in [-0.2, -0.15) is 0 Å². The molecule has 8 rings (SSSR count). The van der Waals surface area contributed by atoms with E-state index in [0.717, 1.165) is 77.4 Å². The Balaban J connectivity index is 0.00000160. The molecule has 0 saturated heterocycles. The summed E-state index contributed by atoms with van der Waals surface area (Å²) >= 11 is 47.1. The summed E-state index contributed by atoms with van der Waals surface area (Å²) in [5, 5.41) is 3.58. The van der Waals surface area contributed by atoms with Crippen LogP contribution < -0.4 is 37.9 Å². The second-order valence-corrected chi connectivity index (χ2v) is 32.5. The Labute approximate surface area is 883 Å². The van der Waals surface area contributed by atoms with Gasteiger partial charge in [0, 0.05) is 61.7 Å². The van der Waals surface area contributed by atoms with Crippen molar-refractivity contribution in [3.63, 3.8) is 0 Å². The normalized spacial score (nSPS) is 10.5. The molecule has 0 bridgehead atoms. The number of carbonyl (C=O) groups is 2. The SMILES string of the molecule is C=C(C)C=COCCCOc1c(Cl)cc(Cl)cc1Cl.C=C(C)C=COCCCOc1cc(C(=O)OCC)cc(C(=O)OCC)c1.C=C(C)C=COCCCOc1ccccc1.C=C(C)C=COCCOc1ccccc1.C=CC(C)C.C=CC=COCCCOc1c(Cl)cc(Cl)cc1Cl.C=CC=COCCCOc1ccccc1.C=CC=COCCOc1ccccc1.CCC(OC)Oc1ccc(Cl)c(Cl)c1. The number of allylic oxidation sites excluding steroid dienone is 15. The predicted octanol–water partition coefficient (Wildman–Crippen LogP) is 32.8. The molecule has 772 valence electrons. The van der Waals surface area contributed by atoms with Gasteiger partial charge in [-0.1, -0.05) is 279 Å². The van der Waals surface area contributed by atoms with Crippen LogP contribution in [0.1, 0.15) is 122 Å². The summed E-state index contributed by atoms with van der Waals surface area (Å²) in [4.78, 5) is 23.9. The number of esters is 2. The molecule has 0 amide bonds. The Morgan fingerprint density at radius 1 is 0.317 bits per heavy atom. The number of para-hydroxylation sites is 4. The highest BCUT2D eigenvalue weighted by Crippen LogP contribution is 2.37. The van der Waals surface area contributed by atoms with E-state index in [9.17, 15) is 9.59 Å². The van der Waals surface area contributed by atoms with Crippen LogP contribution >= 0.6 is 92.8 Å². The first kappa shape index (κ1) is 130. The maximum absolute atomic E-state index is 12.0. The molecule has 0 aromatic heterocycles. The lowest BCUT2D eigenvalue weighted by Crippen LogP contribution is -2.17. The molecule has 1 unspecified atom stereocenters. The van der Waals surface area contributed by atoms with E-state index in [-0.39, 0.29) is 30.6 Å². The van der Waals surface area contributed by atoms with E-state index in [1.165, 1.54) is 6.07 Å². The van der Waals surface area contributed by atoms with E-state index < -0.39 is 11.9 Å². The van der Waals surface area contributed by atoms with Gasteiger partial charge in [-0.15, -0.1) is 6.58 Å². The van der Waals surface area contributed by atoms with Crippen LogP contribution in [0.5, 0.6) is 46.0 Å². The lowest BCUT2D eigenvalue weighted by Gasteiger charge is -2.15. The minimum Gasteiger partial charge on any atom is -0.501 e. The number of halogens is 8. The van der Waals surface area contributed by atoms with Crippen LogP contribution in [-0.2, 0) is 47.4 Å². The van der Waals surface area contributed by atoms with Gasteiger partial charge in [-0.3, -0.25) is 0 Å². The van der Waals surface area contributed by atoms with Crippen LogP contribution in [0.3, 0.4) is 0 Å². The predicted molar refractivity (Wildman–Crippen MR) is 587 cm³/mol. The van der Waals surface area contributed by atoms with Crippen molar-refractivity contribution in [2.24, 2.45) is 5.92 Å². The maximum Gasteiger partial charge on any atom is 0.338 e. The average molecular weight is 2110 g/mol. The Kier molecular flexibility index (Phi) is 81.7. The minimum absolute atomic E-state index is 0.243. The summed E-state index contributed by atoms with van der Waals surface area (Å²) in [5.41, 5.74) is 4.29. The molecule has 0 N–H and O–H groups in total. The summed E-state index contributed by atoms with van der Waals surface area (Å²) < 4.78 is 95.5. The first-order chi connectivity index (χ1) is 68.5. The zero-order valence-electron chi connectivity index (χ0n) is 83.3. The van der Waals surface area contributed by atoms with E-state index in [1.807, 2.05) is 174 Å². The molecule has 8 aromatic rings. The maximum atomic E-state index is 12.0. The molecule has 0 heterocycles. The third-order valence-electron chi connectivity index (χ3n) is 16.1. The number of ether oxygens (including phenoxy) is 18. The molecule has 0 aliphatic rings. The number of methoxy groups -OCH3 is 1. The summed E-state index contributed by atoms with van der Waals surface area (Å²) in [6.07, 6.45) is 35.0. The molecule has 0 aliphatic heterocycles. The van der Waals surface area contributed by atoms with Crippen LogP contribution in [0.4, 0.5) is 0 Å². The summed E-state index contributed by atoms with van der Waals surface area (Å²) in [5.74, 6) is 5.11. The molecule has 1 atom stereocenters. The fraction of sp³-hybridized carbons (Fsp3) is 0.298. The Morgan fingerprint density at radius 3 is 0.873 bits per heavy atom. The van der Waals surface area contributed by atoms with Gasteiger partial charge in [-0.05, 0) is 193 Å². The van der Waals surface area contributed by atoms with Gasteiger partial charge in [0.2, 0.25) is 0 Å². The number of hydrogen-bond acceptors (Lipinski definition) is 20. The van der Waals surface area contributed by atoms with Crippen LogP contribution in [0, 0.1) is 5.92 Å². The monoisotopic (exact) mass is 2110 g/mol. The van der Waals surface area contributed by atoms with Crippen LogP contribution in [0.25, 0.3) is 0 Å². The Morgan fingerprint density at radius 2 is 0.599 bits per heavy atom. The lowest BCUT2D eigenvalue weighted by atomic mass is 10.1. The first-order valence-corrected chi connectivity index (χ1v) is 48.6. The zero-order chi connectivity index (χ0) is 105. The number of hydrogen-bond donors (Lipinski definition) is 0. The zero-order valence-corrected chi connectivity index (χ0v) is 89.3. The van der Waals surface area contributed by atoms with E-state index in [2.05, 4.69) is 66.5 Å². The van der Waals surface area contributed by atoms with Crippen LogP contribution in [-0.4, -0.2) is 131 Å². The summed E-state index contributed by atoms with van der Waals surface area (Å²) in [6, 6.07) is 54.9. The lowest BCUT2D eigenvalue weighted by molar-refractivity contribution is -0.0548. The molecule has 0 fully saturated rings. The second-order valence-electron chi connectivity index (χ2n) is 29.2. The summed E-state index contributed by atoms with van der Waals surface area (Å²) in [6.45, 7) is 54.5. The molecule has 0 radical (unpaired) electrons. The minimum atomic E-state index is -0.517. The second kappa shape index (κ2) is 89.2. The highest BCUT2D eigenvalue weighted by molar-refractivity contribution is 6.42. The quantitative estimate of drug-likeness (QED) is 0.00869. The van der Waals surface area contributed by atoms with E-state index in [0.29, 0.717) is 168 Å². The number of rotatable bonds is 56. The largest absolute Gasteiger partial charge is 0.501 e. The average Bonchev–Trinajstić information content (AvgIpc) is 0.839. The smallest absolute Gasteiger partial charge is 0.338 e. The van der Waals surface area contributed by atoms with Gasteiger partial charge < -0.3 is 85.3 Å². The van der Waals surface area contributed by atoms with Crippen molar-refractivity contribution in [1.29, 1.82) is 0 Å². The van der Waals surface area contributed by atoms with Crippen LogP contribution in [0.2, 0.25) is 40.2 Å². The van der Waals surface area contributed by atoms with Crippen molar-refractivity contribution in [2.45, 2.75) is 107 Å². The van der Waals surface area contributed by atoms with Gasteiger partial charge >= 0.3 is 11.9 Å². The van der Waals surface area contributed by atoms with Crippen molar-refractivity contribution in [2.75, 3.05) is 113 Å². The van der Waals surface area contributed by atoms with Crippen molar-refractivity contribution in [3.8, 4) is 46.0 Å². The Bertz CT molecular complexity index is 4900. The van der Waals surface area contributed by atoms with Gasteiger partial charge in [0.1, 0.15) is 60.9 Å². The molecular weight excluding hydrogens is 1970 g/mol. The van der Waals surface area contributed by atoms with Gasteiger partial charge in [-0.25, -0.2) is 9.59 Å². The fourth-order valence-corrected chi connectivity index (χ4v) is 11.4. The Hall–Kier alpha value is -11.9. The number of benzene rings is 8.